The molecular weight excluding hydrogens is 252 g/mol. The number of carboxylic acids is 1. The van der Waals surface area contributed by atoms with Crippen LogP contribution < -0.4 is 4.74 Å². The van der Waals surface area contributed by atoms with Gasteiger partial charge in [-0.15, -0.1) is 11.3 Å². The molecule has 0 aliphatic carbocycles. The van der Waals surface area contributed by atoms with Crippen molar-refractivity contribution < 1.29 is 14.6 Å². The topological polar surface area (TPSA) is 72.3 Å². The molecule has 6 heteroatoms. The third-order valence-corrected chi connectivity index (χ3v) is 3.33. The van der Waals surface area contributed by atoms with Crippen LogP contribution in [0.3, 0.4) is 0 Å². The molecule has 0 saturated heterocycles. The molecule has 0 atom stereocenters. The molecule has 0 aromatic carbocycles. The van der Waals surface area contributed by atoms with Gasteiger partial charge in [0.05, 0.1) is 16.9 Å². The maximum Gasteiger partial charge on any atom is 0.339 e. The number of hydrogen-bond acceptors (Lipinski definition) is 5. The molecule has 0 fully saturated rings. The average Bonchev–Trinajstić information content (AvgIpc) is 2.84. The van der Waals surface area contributed by atoms with Gasteiger partial charge < -0.3 is 9.84 Å². The zero-order chi connectivity index (χ0) is 13.0. The van der Waals surface area contributed by atoms with E-state index in [1.165, 1.54) is 18.5 Å². The Kier molecular flexibility index (Phi) is 3.88. The van der Waals surface area contributed by atoms with Gasteiger partial charge in [-0.25, -0.2) is 9.78 Å². The molecule has 94 valence electrons. The highest BCUT2D eigenvalue weighted by Gasteiger charge is 2.11. The average molecular weight is 264 g/mol. The van der Waals surface area contributed by atoms with E-state index in [1.807, 2.05) is 12.3 Å². The molecule has 0 saturated carbocycles. The van der Waals surface area contributed by atoms with E-state index in [0.29, 0.717) is 0 Å². The minimum absolute atomic E-state index is 0.107. The summed E-state index contributed by atoms with van der Waals surface area (Å²) in [6, 6.07) is 1.41. The monoisotopic (exact) mass is 264 g/mol. The van der Waals surface area contributed by atoms with E-state index >= 15 is 0 Å². The summed E-state index contributed by atoms with van der Waals surface area (Å²) in [6.45, 7) is 2.29. The summed E-state index contributed by atoms with van der Waals surface area (Å²) in [5.74, 6) is -0.768. The molecule has 0 unspecified atom stereocenters. The van der Waals surface area contributed by atoms with E-state index in [0.717, 1.165) is 17.1 Å². The van der Waals surface area contributed by atoms with Gasteiger partial charge in [0.1, 0.15) is 12.2 Å². The number of hydrogen-bond donors (Lipinski definition) is 1. The van der Waals surface area contributed by atoms with Crippen molar-refractivity contribution in [3.63, 3.8) is 0 Å². The Balaban J connectivity index is 2.08. The van der Waals surface area contributed by atoms with Crippen LogP contribution in [0.15, 0.2) is 23.8 Å². The van der Waals surface area contributed by atoms with E-state index in [1.54, 1.807) is 11.3 Å². The van der Waals surface area contributed by atoms with Crippen molar-refractivity contribution in [2.45, 2.75) is 20.0 Å². The van der Waals surface area contributed by atoms with Gasteiger partial charge >= 0.3 is 5.97 Å². The molecule has 2 heterocycles. The van der Waals surface area contributed by atoms with Crippen LogP contribution >= 0.6 is 11.3 Å². The molecule has 1 N–H and O–H groups in total. The van der Waals surface area contributed by atoms with Crippen molar-refractivity contribution in [2.24, 2.45) is 0 Å². The van der Waals surface area contributed by atoms with Crippen LogP contribution in [0.25, 0.3) is 0 Å². The fourth-order valence-corrected chi connectivity index (χ4v) is 2.13. The highest BCUT2D eigenvalue weighted by atomic mass is 32.1. The Hall–Kier alpha value is -1.95. The van der Waals surface area contributed by atoms with Crippen molar-refractivity contribution in [2.75, 3.05) is 0 Å². The van der Waals surface area contributed by atoms with E-state index < -0.39 is 5.97 Å². The fraction of sp³-hybridized carbons (Fsp3) is 0.250. The van der Waals surface area contributed by atoms with Crippen LogP contribution in [0.2, 0.25) is 0 Å². The van der Waals surface area contributed by atoms with E-state index in [9.17, 15) is 4.79 Å². The fourth-order valence-electron chi connectivity index (χ4n) is 1.40. The van der Waals surface area contributed by atoms with Gasteiger partial charge in [0.25, 0.3) is 0 Å². The molecule has 0 bridgehead atoms. The minimum Gasteiger partial charge on any atom is -0.485 e. The third kappa shape index (κ3) is 2.84. The standard InChI is InChI=1S/C12H12N2O3S/c1-2-11-14-8(7-18-11)6-17-10-5-13-4-3-9(10)12(15)16/h3-5,7H,2,6H2,1H3,(H,15,16). The first-order valence-corrected chi connectivity index (χ1v) is 6.32. The van der Waals surface area contributed by atoms with Gasteiger partial charge in [-0.2, -0.15) is 0 Å². The summed E-state index contributed by atoms with van der Waals surface area (Å²) < 4.78 is 5.44. The molecule has 18 heavy (non-hydrogen) atoms. The smallest absolute Gasteiger partial charge is 0.339 e. The van der Waals surface area contributed by atoms with E-state index in [4.69, 9.17) is 9.84 Å². The van der Waals surface area contributed by atoms with Gasteiger partial charge in [0.2, 0.25) is 0 Å². The largest absolute Gasteiger partial charge is 0.485 e. The van der Waals surface area contributed by atoms with Gasteiger partial charge in [-0.1, -0.05) is 6.92 Å². The Labute approximate surface area is 108 Å². The first kappa shape index (κ1) is 12.5. The predicted octanol–water partition coefficient (Wildman–Crippen LogP) is 2.38. The molecule has 2 aromatic heterocycles. The van der Waals surface area contributed by atoms with Crippen molar-refractivity contribution >= 4 is 17.3 Å². The number of rotatable bonds is 5. The second-order valence-electron chi connectivity index (χ2n) is 3.55. The van der Waals surface area contributed by atoms with Gasteiger partial charge in [0, 0.05) is 11.6 Å². The lowest BCUT2D eigenvalue weighted by Gasteiger charge is -2.06. The Bertz CT molecular complexity index is 554. The van der Waals surface area contributed by atoms with Gasteiger partial charge in [-0.05, 0) is 12.5 Å². The molecule has 0 amide bonds. The van der Waals surface area contributed by atoms with Crippen LogP contribution in [0.1, 0.15) is 28.0 Å². The number of thiazole rings is 1. The van der Waals surface area contributed by atoms with Crippen LogP contribution in [0, 0.1) is 0 Å². The summed E-state index contributed by atoms with van der Waals surface area (Å²) in [5, 5.41) is 11.9. The SMILES string of the molecule is CCc1nc(COc2cnccc2C(=O)O)cs1. The highest BCUT2D eigenvalue weighted by Crippen LogP contribution is 2.18. The number of aromatic carboxylic acids is 1. The molecular formula is C12H12N2O3S. The van der Waals surface area contributed by atoms with Crippen molar-refractivity contribution in [3.8, 4) is 5.75 Å². The normalized spacial score (nSPS) is 10.3. The molecule has 0 spiro atoms. The summed E-state index contributed by atoms with van der Waals surface area (Å²) in [7, 11) is 0. The second kappa shape index (κ2) is 5.59. The quantitative estimate of drug-likeness (QED) is 0.897. The lowest BCUT2D eigenvalue weighted by atomic mass is 10.2. The molecule has 0 radical (unpaired) electrons. The van der Waals surface area contributed by atoms with E-state index in [2.05, 4.69) is 9.97 Å². The van der Waals surface area contributed by atoms with Crippen LogP contribution in [0.4, 0.5) is 0 Å². The number of nitrogens with zero attached hydrogens (tertiary/aromatic N) is 2. The zero-order valence-corrected chi connectivity index (χ0v) is 10.6. The van der Waals surface area contributed by atoms with Crippen molar-refractivity contribution in [1.82, 2.24) is 9.97 Å². The summed E-state index contributed by atoms with van der Waals surface area (Å²) in [4.78, 5) is 19.2. The highest BCUT2D eigenvalue weighted by molar-refractivity contribution is 7.09. The Morgan fingerprint density at radius 2 is 2.39 bits per heavy atom. The van der Waals surface area contributed by atoms with Crippen LogP contribution in [-0.4, -0.2) is 21.0 Å². The number of aromatic nitrogens is 2. The lowest BCUT2D eigenvalue weighted by molar-refractivity contribution is 0.0691. The van der Waals surface area contributed by atoms with Gasteiger partial charge in [-0.3, -0.25) is 4.98 Å². The molecule has 0 aliphatic rings. The third-order valence-electron chi connectivity index (χ3n) is 2.29. The first-order chi connectivity index (χ1) is 8.70. The molecule has 2 rings (SSSR count). The predicted molar refractivity (Wildman–Crippen MR) is 67.0 cm³/mol. The van der Waals surface area contributed by atoms with Crippen LogP contribution in [-0.2, 0) is 13.0 Å². The number of pyridine rings is 1. The van der Waals surface area contributed by atoms with Crippen molar-refractivity contribution in [3.05, 3.63) is 40.1 Å². The van der Waals surface area contributed by atoms with Crippen LogP contribution in [0.5, 0.6) is 5.75 Å². The first-order valence-electron chi connectivity index (χ1n) is 5.44. The maximum absolute atomic E-state index is 11.0. The molecule has 0 aliphatic heterocycles. The number of carbonyl (C=O) groups is 1. The zero-order valence-electron chi connectivity index (χ0n) is 9.79. The van der Waals surface area contributed by atoms with Crippen molar-refractivity contribution in [1.29, 1.82) is 0 Å². The molecule has 5 nitrogen and oxygen atoms in total. The molecule has 2 aromatic rings. The second-order valence-corrected chi connectivity index (χ2v) is 4.49. The van der Waals surface area contributed by atoms with E-state index in [-0.39, 0.29) is 17.9 Å². The summed E-state index contributed by atoms with van der Waals surface area (Å²) in [5.41, 5.74) is 0.910. The minimum atomic E-state index is -1.03. The summed E-state index contributed by atoms with van der Waals surface area (Å²) in [6.07, 6.45) is 3.71. The Morgan fingerprint density at radius 3 is 3.06 bits per heavy atom. The maximum atomic E-state index is 11.0. The number of carboxylic acid groups (broad SMARTS) is 1. The lowest BCUT2D eigenvalue weighted by Crippen LogP contribution is -2.04. The number of aryl methyl sites for hydroxylation is 1. The summed E-state index contributed by atoms with van der Waals surface area (Å²) >= 11 is 1.57. The van der Waals surface area contributed by atoms with Gasteiger partial charge in [0.15, 0.2) is 5.75 Å². The Morgan fingerprint density at radius 1 is 1.56 bits per heavy atom. The number of ether oxygens (including phenoxy) is 1.